The Balaban J connectivity index is 4.27. The van der Waals surface area contributed by atoms with E-state index in [1.807, 2.05) is 0 Å². The SMILES string of the molecule is CCCCCCCCCCCCCCCCCCCC(=O)OC[C@@H](COC(=O)CCCCCCCCCCCCCC(C)C)OC(=O)CCCCCCCCCCCCCCCCCCCCC(C)C. The van der Waals surface area contributed by atoms with Crippen LogP contribution in [0.25, 0.3) is 0 Å². The summed E-state index contributed by atoms with van der Waals surface area (Å²) in [4.78, 5) is 38.3. The maximum absolute atomic E-state index is 12.9. The van der Waals surface area contributed by atoms with Crippen LogP contribution in [0.1, 0.15) is 362 Å². The van der Waals surface area contributed by atoms with Crippen molar-refractivity contribution in [1.29, 1.82) is 0 Å². The van der Waals surface area contributed by atoms with E-state index in [9.17, 15) is 14.4 Å². The van der Waals surface area contributed by atoms with E-state index in [0.29, 0.717) is 19.3 Å². The Labute approximate surface area is 438 Å². The Bertz CT molecular complexity index is 1070. The van der Waals surface area contributed by atoms with Crippen molar-refractivity contribution in [1.82, 2.24) is 0 Å². The third-order valence-corrected chi connectivity index (χ3v) is 14.7. The van der Waals surface area contributed by atoms with E-state index in [2.05, 4.69) is 34.6 Å². The predicted octanol–water partition coefficient (Wildman–Crippen LogP) is 21.2. The van der Waals surface area contributed by atoms with Crippen molar-refractivity contribution in [2.24, 2.45) is 11.8 Å². The molecule has 0 aliphatic heterocycles. The van der Waals surface area contributed by atoms with Crippen molar-refractivity contribution in [2.75, 3.05) is 13.2 Å². The summed E-state index contributed by atoms with van der Waals surface area (Å²) >= 11 is 0. The van der Waals surface area contributed by atoms with Crippen LogP contribution in [0.4, 0.5) is 0 Å². The zero-order valence-electron chi connectivity index (χ0n) is 48.2. The standard InChI is InChI=1S/C64H124O6/c1-6-7-8-9-10-11-12-13-14-17-21-24-29-34-39-44-49-54-62(65)68-57-61(58-69-63(66)55-50-45-40-35-31-26-28-33-38-43-48-53-60(4)5)70-64(67)56-51-46-41-36-30-25-22-19-16-15-18-20-23-27-32-37-42-47-52-59(2)3/h59-61H,6-58H2,1-5H3/t61-/m0/s1. The molecule has 0 amide bonds. The molecule has 0 rings (SSSR count). The molecule has 0 aromatic heterocycles. The Kier molecular flexibility index (Phi) is 55.4. The van der Waals surface area contributed by atoms with Crippen molar-refractivity contribution in [2.45, 2.75) is 368 Å². The molecule has 0 radical (unpaired) electrons. The molecule has 0 bridgehead atoms. The summed E-state index contributed by atoms with van der Waals surface area (Å²) < 4.78 is 17.0. The Morgan fingerprint density at radius 1 is 0.271 bits per heavy atom. The molecule has 416 valence electrons. The van der Waals surface area contributed by atoms with Crippen molar-refractivity contribution >= 4 is 17.9 Å². The van der Waals surface area contributed by atoms with Crippen LogP contribution < -0.4 is 0 Å². The van der Waals surface area contributed by atoms with Gasteiger partial charge in [0.15, 0.2) is 6.10 Å². The van der Waals surface area contributed by atoms with Crippen LogP contribution in [0, 0.1) is 11.8 Å². The molecule has 1 atom stereocenters. The van der Waals surface area contributed by atoms with Crippen LogP contribution in [0.3, 0.4) is 0 Å². The molecule has 0 aliphatic rings. The second-order valence-electron chi connectivity index (χ2n) is 23.0. The summed E-state index contributed by atoms with van der Waals surface area (Å²) in [6, 6.07) is 0. The third-order valence-electron chi connectivity index (χ3n) is 14.7. The zero-order chi connectivity index (χ0) is 51.1. The molecular weight excluding hydrogens is 865 g/mol. The minimum absolute atomic E-state index is 0.0620. The first-order valence-electron chi connectivity index (χ1n) is 31.7. The van der Waals surface area contributed by atoms with E-state index < -0.39 is 6.10 Å². The zero-order valence-corrected chi connectivity index (χ0v) is 48.2. The quantitative estimate of drug-likeness (QED) is 0.0343. The van der Waals surface area contributed by atoms with Crippen molar-refractivity contribution in [3.05, 3.63) is 0 Å². The topological polar surface area (TPSA) is 78.9 Å². The molecule has 70 heavy (non-hydrogen) atoms. The fourth-order valence-electron chi connectivity index (χ4n) is 9.93. The normalized spacial score (nSPS) is 12.0. The number of unbranched alkanes of at least 4 members (excludes halogenated alkanes) is 43. The molecule has 0 spiro atoms. The number of hydrogen-bond donors (Lipinski definition) is 0. The maximum Gasteiger partial charge on any atom is 0.306 e. The fourth-order valence-corrected chi connectivity index (χ4v) is 9.93. The van der Waals surface area contributed by atoms with Gasteiger partial charge < -0.3 is 14.2 Å². The number of hydrogen-bond acceptors (Lipinski definition) is 6. The lowest BCUT2D eigenvalue weighted by Gasteiger charge is -2.18. The van der Waals surface area contributed by atoms with Gasteiger partial charge in [0.25, 0.3) is 0 Å². The highest BCUT2D eigenvalue weighted by molar-refractivity contribution is 5.71. The number of esters is 3. The van der Waals surface area contributed by atoms with E-state index in [-0.39, 0.29) is 31.1 Å². The van der Waals surface area contributed by atoms with Gasteiger partial charge in [0.05, 0.1) is 0 Å². The van der Waals surface area contributed by atoms with Gasteiger partial charge in [-0.15, -0.1) is 0 Å². The van der Waals surface area contributed by atoms with E-state index >= 15 is 0 Å². The lowest BCUT2D eigenvalue weighted by molar-refractivity contribution is -0.167. The summed E-state index contributed by atoms with van der Waals surface area (Å²) in [7, 11) is 0. The van der Waals surface area contributed by atoms with Gasteiger partial charge in [-0.3, -0.25) is 14.4 Å². The summed E-state index contributed by atoms with van der Waals surface area (Å²) in [5.41, 5.74) is 0. The second kappa shape index (κ2) is 56.7. The predicted molar refractivity (Wildman–Crippen MR) is 303 cm³/mol. The highest BCUT2D eigenvalue weighted by Gasteiger charge is 2.19. The monoisotopic (exact) mass is 989 g/mol. The van der Waals surface area contributed by atoms with Crippen LogP contribution in [0.5, 0.6) is 0 Å². The Morgan fingerprint density at radius 2 is 0.471 bits per heavy atom. The van der Waals surface area contributed by atoms with Crippen LogP contribution in [0.2, 0.25) is 0 Å². The molecule has 0 fully saturated rings. The molecular formula is C64H124O6. The van der Waals surface area contributed by atoms with Gasteiger partial charge in [-0.1, -0.05) is 324 Å². The number of carbonyl (C=O) groups excluding carboxylic acids is 3. The molecule has 0 aromatic carbocycles. The van der Waals surface area contributed by atoms with E-state index in [0.717, 1.165) is 69.6 Å². The molecule has 0 heterocycles. The van der Waals surface area contributed by atoms with Gasteiger partial charge in [0, 0.05) is 19.3 Å². The molecule has 6 heteroatoms. The third kappa shape index (κ3) is 57.3. The van der Waals surface area contributed by atoms with Gasteiger partial charge in [-0.25, -0.2) is 0 Å². The molecule has 0 unspecified atom stereocenters. The van der Waals surface area contributed by atoms with Gasteiger partial charge in [-0.2, -0.15) is 0 Å². The molecule has 0 aromatic rings. The lowest BCUT2D eigenvalue weighted by Crippen LogP contribution is -2.30. The second-order valence-corrected chi connectivity index (χ2v) is 23.0. The van der Waals surface area contributed by atoms with E-state index in [1.54, 1.807) is 0 Å². The fraction of sp³-hybridized carbons (Fsp3) is 0.953. The highest BCUT2D eigenvalue weighted by atomic mass is 16.6. The smallest absolute Gasteiger partial charge is 0.306 e. The van der Waals surface area contributed by atoms with E-state index in [1.165, 1.54) is 250 Å². The average Bonchev–Trinajstić information content (AvgIpc) is 3.33. The number of carbonyl (C=O) groups is 3. The minimum atomic E-state index is -0.763. The van der Waals surface area contributed by atoms with Crippen molar-refractivity contribution in [3.8, 4) is 0 Å². The summed E-state index contributed by atoms with van der Waals surface area (Å²) in [5, 5.41) is 0. The van der Waals surface area contributed by atoms with Crippen LogP contribution in [-0.4, -0.2) is 37.2 Å². The molecule has 0 aliphatic carbocycles. The van der Waals surface area contributed by atoms with Crippen LogP contribution in [0.15, 0.2) is 0 Å². The molecule has 0 saturated heterocycles. The first kappa shape index (κ1) is 68.4. The Hall–Kier alpha value is -1.59. The first-order chi connectivity index (χ1) is 34.2. The Morgan fingerprint density at radius 3 is 0.700 bits per heavy atom. The minimum Gasteiger partial charge on any atom is -0.462 e. The summed E-state index contributed by atoms with van der Waals surface area (Å²) in [6.45, 7) is 11.4. The number of ether oxygens (including phenoxy) is 3. The van der Waals surface area contributed by atoms with Gasteiger partial charge in [0.1, 0.15) is 13.2 Å². The van der Waals surface area contributed by atoms with Gasteiger partial charge in [0.2, 0.25) is 0 Å². The van der Waals surface area contributed by atoms with E-state index in [4.69, 9.17) is 14.2 Å². The average molecular weight is 990 g/mol. The van der Waals surface area contributed by atoms with Crippen molar-refractivity contribution < 1.29 is 28.6 Å². The lowest BCUT2D eigenvalue weighted by atomic mass is 10.0. The summed E-state index contributed by atoms with van der Waals surface area (Å²) in [6.07, 6.45) is 62.5. The van der Waals surface area contributed by atoms with Crippen LogP contribution >= 0.6 is 0 Å². The maximum atomic E-state index is 12.9. The van der Waals surface area contributed by atoms with Crippen molar-refractivity contribution in [3.63, 3.8) is 0 Å². The first-order valence-corrected chi connectivity index (χ1v) is 31.7. The van der Waals surface area contributed by atoms with Gasteiger partial charge >= 0.3 is 17.9 Å². The molecule has 6 nitrogen and oxygen atoms in total. The largest absolute Gasteiger partial charge is 0.462 e. The number of rotatable bonds is 58. The molecule has 0 N–H and O–H groups in total. The highest BCUT2D eigenvalue weighted by Crippen LogP contribution is 2.19. The van der Waals surface area contributed by atoms with Gasteiger partial charge in [-0.05, 0) is 31.1 Å². The summed E-state index contributed by atoms with van der Waals surface area (Å²) in [5.74, 6) is 0.853. The van der Waals surface area contributed by atoms with Crippen LogP contribution in [-0.2, 0) is 28.6 Å². The molecule has 0 saturated carbocycles.